The van der Waals surface area contributed by atoms with Gasteiger partial charge in [-0.25, -0.2) is 4.79 Å². The normalized spacial score (nSPS) is 11.1. The van der Waals surface area contributed by atoms with E-state index < -0.39 is 5.97 Å². The van der Waals surface area contributed by atoms with E-state index in [0.717, 1.165) is 24.8 Å². The third kappa shape index (κ3) is 7.67. The monoisotopic (exact) mass is 332 g/mol. The van der Waals surface area contributed by atoms with E-state index in [0.29, 0.717) is 11.3 Å². The van der Waals surface area contributed by atoms with Crippen LogP contribution in [0.25, 0.3) is 0 Å². The molecule has 0 unspecified atom stereocenters. The Balaban J connectivity index is 2.22. The predicted octanol–water partition coefficient (Wildman–Crippen LogP) is 6.02. The first kappa shape index (κ1) is 20.3. The summed E-state index contributed by atoms with van der Waals surface area (Å²) in [5, 5.41) is 9.37. The van der Waals surface area contributed by atoms with Crippen molar-refractivity contribution in [1.82, 2.24) is 0 Å². The van der Waals surface area contributed by atoms with E-state index in [4.69, 9.17) is 4.74 Å². The molecule has 134 valence electrons. The molecule has 0 radical (unpaired) electrons. The van der Waals surface area contributed by atoms with Gasteiger partial charge in [-0.05, 0) is 43.7 Å². The van der Waals surface area contributed by atoms with Gasteiger partial charge in [-0.3, -0.25) is 0 Å². The van der Waals surface area contributed by atoms with Crippen molar-refractivity contribution in [3.05, 3.63) is 41.5 Å². The molecule has 0 heterocycles. The summed E-state index contributed by atoms with van der Waals surface area (Å²) in [6.07, 6.45) is 16.3. The summed E-state index contributed by atoms with van der Waals surface area (Å²) in [4.78, 5) is 11.4. The number of carboxylic acid groups (broad SMARTS) is 1. The zero-order chi connectivity index (χ0) is 17.6. The molecule has 0 aliphatic rings. The maximum Gasteiger partial charge on any atom is 0.339 e. The van der Waals surface area contributed by atoms with Crippen LogP contribution in [0.2, 0.25) is 0 Å². The number of benzene rings is 1. The Morgan fingerprint density at radius 1 is 1.04 bits per heavy atom. The number of hydrogen-bond donors (Lipinski definition) is 1. The summed E-state index contributed by atoms with van der Waals surface area (Å²) in [5.41, 5.74) is 1.19. The van der Waals surface area contributed by atoms with Crippen molar-refractivity contribution in [2.45, 2.75) is 71.1 Å². The number of aromatic carboxylic acids is 1. The van der Waals surface area contributed by atoms with Gasteiger partial charge in [0.2, 0.25) is 0 Å². The number of aryl methyl sites for hydroxylation is 1. The van der Waals surface area contributed by atoms with E-state index in [1.54, 1.807) is 6.07 Å². The quantitative estimate of drug-likeness (QED) is 0.355. The average Bonchev–Trinajstić information content (AvgIpc) is 2.59. The van der Waals surface area contributed by atoms with E-state index >= 15 is 0 Å². The molecule has 0 fully saturated rings. The van der Waals surface area contributed by atoms with Gasteiger partial charge in [-0.15, -0.1) is 0 Å². The largest absolute Gasteiger partial charge is 0.496 e. The van der Waals surface area contributed by atoms with Gasteiger partial charge in [-0.2, -0.15) is 0 Å². The van der Waals surface area contributed by atoms with Crippen LogP contribution in [0.5, 0.6) is 5.75 Å². The number of hydrogen-bond acceptors (Lipinski definition) is 2. The standard InChI is InChI=1S/C21H32O3/c1-3-4-5-6-7-8-9-10-11-12-13-15-18-16-14-17-19(24-2)20(18)21(22)23/h6-7,14,16-17H,3-5,8-13,15H2,1-2H3,(H,22,23)/b7-6-. The molecule has 1 N–H and O–H groups in total. The highest BCUT2D eigenvalue weighted by Crippen LogP contribution is 2.24. The van der Waals surface area contributed by atoms with Crippen LogP contribution in [0.15, 0.2) is 30.4 Å². The molecule has 1 aromatic rings. The average molecular weight is 332 g/mol. The highest BCUT2D eigenvalue weighted by Gasteiger charge is 2.15. The lowest BCUT2D eigenvalue weighted by molar-refractivity contribution is 0.0692. The Bertz CT molecular complexity index is 506. The smallest absolute Gasteiger partial charge is 0.339 e. The lowest BCUT2D eigenvalue weighted by atomic mass is 9.99. The Kier molecular flexibility index (Phi) is 10.7. The Labute approximate surface area is 146 Å². The molecule has 0 spiro atoms. The first-order valence-corrected chi connectivity index (χ1v) is 9.24. The molecule has 1 rings (SSSR count). The number of carbonyl (C=O) groups is 1. The van der Waals surface area contributed by atoms with Gasteiger partial charge in [-0.1, -0.05) is 63.3 Å². The van der Waals surface area contributed by atoms with Crippen molar-refractivity contribution >= 4 is 5.97 Å². The number of unbranched alkanes of at least 4 members (excludes halogenated alkanes) is 7. The zero-order valence-electron chi connectivity index (χ0n) is 15.2. The third-order valence-electron chi connectivity index (χ3n) is 4.25. The fraction of sp³-hybridized carbons (Fsp3) is 0.571. The first-order chi connectivity index (χ1) is 11.7. The van der Waals surface area contributed by atoms with Crippen LogP contribution in [-0.4, -0.2) is 18.2 Å². The minimum Gasteiger partial charge on any atom is -0.496 e. The van der Waals surface area contributed by atoms with Crippen LogP contribution in [0, 0.1) is 0 Å². The zero-order valence-corrected chi connectivity index (χ0v) is 15.2. The fourth-order valence-electron chi connectivity index (χ4n) is 2.86. The molecule has 0 amide bonds. The summed E-state index contributed by atoms with van der Waals surface area (Å²) in [6.45, 7) is 2.22. The van der Waals surface area contributed by atoms with Crippen LogP contribution in [0.3, 0.4) is 0 Å². The number of ether oxygens (including phenoxy) is 1. The maximum atomic E-state index is 11.4. The van der Waals surface area contributed by atoms with Crippen LogP contribution >= 0.6 is 0 Å². The summed E-state index contributed by atoms with van der Waals surface area (Å²) in [6, 6.07) is 5.47. The molecule has 0 aromatic heterocycles. The highest BCUT2D eigenvalue weighted by molar-refractivity contribution is 5.92. The van der Waals surface area contributed by atoms with Crippen molar-refractivity contribution in [3.8, 4) is 5.75 Å². The second kappa shape index (κ2) is 12.6. The van der Waals surface area contributed by atoms with E-state index in [2.05, 4.69) is 19.1 Å². The van der Waals surface area contributed by atoms with Crippen molar-refractivity contribution in [2.75, 3.05) is 7.11 Å². The third-order valence-corrected chi connectivity index (χ3v) is 4.25. The SMILES string of the molecule is CCCC/C=C\CCCCCCCc1cccc(OC)c1C(=O)O. The molecule has 0 bridgehead atoms. The van der Waals surface area contributed by atoms with Crippen molar-refractivity contribution in [3.63, 3.8) is 0 Å². The Morgan fingerprint density at radius 2 is 1.71 bits per heavy atom. The van der Waals surface area contributed by atoms with Crippen LogP contribution in [-0.2, 0) is 6.42 Å². The van der Waals surface area contributed by atoms with Gasteiger partial charge in [0, 0.05) is 0 Å². The molecule has 0 saturated heterocycles. The molecule has 24 heavy (non-hydrogen) atoms. The van der Waals surface area contributed by atoms with E-state index in [-0.39, 0.29) is 0 Å². The number of carboxylic acids is 1. The van der Waals surface area contributed by atoms with Crippen molar-refractivity contribution in [2.24, 2.45) is 0 Å². The van der Waals surface area contributed by atoms with Gasteiger partial charge in [0.25, 0.3) is 0 Å². The lowest BCUT2D eigenvalue weighted by Gasteiger charge is -2.10. The Morgan fingerprint density at radius 3 is 2.38 bits per heavy atom. The van der Waals surface area contributed by atoms with Gasteiger partial charge in [0.1, 0.15) is 11.3 Å². The van der Waals surface area contributed by atoms with Crippen LogP contribution < -0.4 is 4.74 Å². The summed E-state index contributed by atoms with van der Waals surface area (Å²) in [7, 11) is 1.52. The van der Waals surface area contributed by atoms with Crippen LogP contribution in [0.1, 0.15) is 80.6 Å². The van der Waals surface area contributed by atoms with Crippen molar-refractivity contribution < 1.29 is 14.6 Å². The molecule has 0 aliphatic heterocycles. The molecule has 3 nitrogen and oxygen atoms in total. The van der Waals surface area contributed by atoms with Gasteiger partial charge in [0.15, 0.2) is 0 Å². The molecular formula is C21H32O3. The van der Waals surface area contributed by atoms with Gasteiger partial charge in [0.05, 0.1) is 7.11 Å². The minimum absolute atomic E-state index is 0.317. The van der Waals surface area contributed by atoms with E-state index in [1.165, 1.54) is 52.1 Å². The maximum absolute atomic E-state index is 11.4. The second-order valence-corrected chi connectivity index (χ2v) is 6.22. The summed E-state index contributed by atoms with van der Waals surface area (Å²) >= 11 is 0. The van der Waals surface area contributed by atoms with Gasteiger partial charge >= 0.3 is 5.97 Å². The number of rotatable bonds is 13. The molecule has 1 aromatic carbocycles. The minimum atomic E-state index is -0.905. The van der Waals surface area contributed by atoms with Gasteiger partial charge < -0.3 is 9.84 Å². The van der Waals surface area contributed by atoms with E-state index in [1.807, 2.05) is 12.1 Å². The molecule has 0 saturated carbocycles. The molecule has 0 atom stereocenters. The molecule has 0 aliphatic carbocycles. The highest BCUT2D eigenvalue weighted by atomic mass is 16.5. The van der Waals surface area contributed by atoms with E-state index in [9.17, 15) is 9.90 Å². The Hall–Kier alpha value is -1.77. The lowest BCUT2D eigenvalue weighted by Crippen LogP contribution is -2.05. The second-order valence-electron chi connectivity index (χ2n) is 6.22. The topological polar surface area (TPSA) is 46.5 Å². The predicted molar refractivity (Wildman–Crippen MR) is 100 cm³/mol. The molecule has 3 heteroatoms. The summed E-state index contributed by atoms with van der Waals surface area (Å²) < 4.78 is 5.17. The first-order valence-electron chi connectivity index (χ1n) is 9.24. The summed E-state index contributed by atoms with van der Waals surface area (Å²) in [5.74, 6) is -0.452. The molecular weight excluding hydrogens is 300 g/mol. The van der Waals surface area contributed by atoms with Crippen LogP contribution in [0.4, 0.5) is 0 Å². The number of methoxy groups -OCH3 is 1. The number of allylic oxidation sites excluding steroid dienone is 2. The van der Waals surface area contributed by atoms with Crippen molar-refractivity contribution in [1.29, 1.82) is 0 Å². The fourth-order valence-corrected chi connectivity index (χ4v) is 2.86.